The van der Waals surface area contributed by atoms with Crippen molar-refractivity contribution in [1.29, 1.82) is 0 Å². The Morgan fingerprint density at radius 1 is 0.941 bits per heavy atom. The number of rotatable bonds is 7. The molecule has 2 N–H and O–H groups in total. The van der Waals surface area contributed by atoms with Gasteiger partial charge >= 0.3 is 0 Å². The van der Waals surface area contributed by atoms with E-state index in [-0.39, 0.29) is 11.7 Å². The number of aromatic nitrogens is 2. The fourth-order valence-electron chi connectivity index (χ4n) is 4.06. The molecule has 1 aliphatic heterocycles. The third-order valence-electron chi connectivity index (χ3n) is 5.79. The molecule has 0 saturated carbocycles. The summed E-state index contributed by atoms with van der Waals surface area (Å²) in [5.41, 5.74) is 4.40. The number of amides is 1. The highest BCUT2D eigenvalue weighted by Crippen LogP contribution is 2.33. The van der Waals surface area contributed by atoms with Gasteiger partial charge in [0.15, 0.2) is 0 Å². The number of hydrogen-bond acceptors (Lipinski definition) is 5. The van der Waals surface area contributed by atoms with Crippen LogP contribution in [-0.2, 0) is 19.5 Å². The maximum atomic E-state index is 13.6. The first-order valence-electron chi connectivity index (χ1n) is 11.2. The molecule has 0 unspecified atom stereocenters. The van der Waals surface area contributed by atoms with Gasteiger partial charge in [0.2, 0.25) is 5.95 Å². The van der Waals surface area contributed by atoms with Crippen LogP contribution in [-0.4, -0.2) is 22.4 Å². The third kappa shape index (κ3) is 4.73. The van der Waals surface area contributed by atoms with Crippen molar-refractivity contribution in [2.45, 2.75) is 19.5 Å². The molecule has 0 saturated heterocycles. The Labute approximate surface area is 197 Å². The molecule has 0 radical (unpaired) electrons. The molecule has 34 heavy (non-hydrogen) atoms. The Kier molecular flexibility index (Phi) is 6.16. The van der Waals surface area contributed by atoms with Gasteiger partial charge in [-0.2, -0.15) is 4.98 Å². The topological polar surface area (TPSA) is 70.2 Å². The van der Waals surface area contributed by atoms with E-state index >= 15 is 0 Å². The normalized spacial score (nSPS) is 12.3. The van der Waals surface area contributed by atoms with E-state index in [1.807, 2.05) is 59.5 Å². The monoisotopic (exact) mass is 453 g/mol. The van der Waals surface area contributed by atoms with Gasteiger partial charge in [-0.05, 0) is 41.3 Å². The Hall–Kier alpha value is -4.26. The molecule has 1 aromatic heterocycles. The van der Waals surface area contributed by atoms with Crippen LogP contribution in [0.5, 0.6) is 0 Å². The van der Waals surface area contributed by atoms with Crippen LogP contribution >= 0.6 is 0 Å². The third-order valence-corrected chi connectivity index (χ3v) is 5.79. The van der Waals surface area contributed by atoms with E-state index in [1.54, 1.807) is 12.3 Å². The van der Waals surface area contributed by atoms with Crippen molar-refractivity contribution in [3.05, 3.63) is 113 Å². The van der Waals surface area contributed by atoms with E-state index in [9.17, 15) is 9.18 Å². The molecule has 0 fully saturated rings. The molecular formula is C27H24FN5O. The highest BCUT2D eigenvalue weighted by atomic mass is 19.1. The van der Waals surface area contributed by atoms with Crippen LogP contribution in [0.2, 0.25) is 0 Å². The van der Waals surface area contributed by atoms with Crippen molar-refractivity contribution in [3.63, 3.8) is 0 Å². The molecule has 0 spiro atoms. The summed E-state index contributed by atoms with van der Waals surface area (Å²) >= 11 is 0. The van der Waals surface area contributed by atoms with Gasteiger partial charge < -0.3 is 15.5 Å². The Morgan fingerprint density at radius 3 is 2.59 bits per heavy atom. The van der Waals surface area contributed by atoms with Crippen LogP contribution in [0.1, 0.15) is 27.0 Å². The molecule has 5 rings (SSSR count). The fraction of sp³-hybridized carbons (Fsp3) is 0.148. The van der Waals surface area contributed by atoms with Crippen molar-refractivity contribution >= 4 is 23.4 Å². The van der Waals surface area contributed by atoms with Gasteiger partial charge in [-0.3, -0.25) is 4.79 Å². The van der Waals surface area contributed by atoms with Gasteiger partial charge in [0, 0.05) is 31.5 Å². The van der Waals surface area contributed by atoms with Crippen molar-refractivity contribution in [2.75, 3.05) is 16.8 Å². The second-order valence-corrected chi connectivity index (χ2v) is 8.11. The predicted octanol–water partition coefficient (Wildman–Crippen LogP) is 4.85. The second kappa shape index (κ2) is 9.70. The van der Waals surface area contributed by atoms with Crippen LogP contribution in [0.4, 0.5) is 21.8 Å². The molecule has 0 aliphatic carbocycles. The first kappa shape index (κ1) is 21.6. The number of hydrogen-bond donors (Lipinski definition) is 2. The molecular weight excluding hydrogens is 429 g/mol. The molecule has 1 aliphatic rings. The SMILES string of the molecule is O=C(NCc1ccccc1)c1cnc(N2CCc3ccccc32)nc1NCc1cccc(F)c1. The predicted molar refractivity (Wildman–Crippen MR) is 131 cm³/mol. The summed E-state index contributed by atoms with van der Waals surface area (Å²) in [6, 6.07) is 24.2. The lowest BCUT2D eigenvalue weighted by Crippen LogP contribution is -2.26. The van der Waals surface area contributed by atoms with Crippen LogP contribution in [0, 0.1) is 5.82 Å². The van der Waals surface area contributed by atoms with Gasteiger partial charge in [-0.15, -0.1) is 0 Å². The Bertz CT molecular complexity index is 1310. The van der Waals surface area contributed by atoms with Gasteiger partial charge in [-0.1, -0.05) is 60.7 Å². The highest BCUT2D eigenvalue weighted by Gasteiger charge is 2.24. The van der Waals surface area contributed by atoms with Crippen LogP contribution in [0.25, 0.3) is 0 Å². The standard InChI is InChI=1S/C27H24FN5O/c28-22-11-6-9-20(15-22)17-29-25-23(26(34)30-16-19-7-2-1-3-8-19)18-31-27(32-25)33-14-13-21-10-4-5-12-24(21)33/h1-12,15,18H,13-14,16-17H2,(H,30,34)(H,29,31,32). The molecule has 2 heterocycles. The van der Waals surface area contributed by atoms with Crippen molar-refractivity contribution in [2.24, 2.45) is 0 Å². The molecule has 0 atom stereocenters. The Balaban J connectivity index is 1.42. The number of anilines is 3. The molecule has 170 valence electrons. The lowest BCUT2D eigenvalue weighted by molar-refractivity contribution is 0.0951. The van der Waals surface area contributed by atoms with Gasteiger partial charge in [0.05, 0.1) is 0 Å². The molecule has 6 nitrogen and oxygen atoms in total. The first-order chi connectivity index (χ1) is 16.7. The van der Waals surface area contributed by atoms with Crippen molar-refractivity contribution < 1.29 is 9.18 Å². The number of para-hydroxylation sites is 1. The van der Waals surface area contributed by atoms with E-state index < -0.39 is 0 Å². The zero-order chi connectivity index (χ0) is 23.3. The first-order valence-corrected chi connectivity index (χ1v) is 11.2. The van der Waals surface area contributed by atoms with Gasteiger partial charge in [0.25, 0.3) is 5.91 Å². The smallest absolute Gasteiger partial charge is 0.256 e. The quantitative estimate of drug-likeness (QED) is 0.419. The number of nitrogens with one attached hydrogen (secondary N) is 2. The Morgan fingerprint density at radius 2 is 1.74 bits per heavy atom. The molecule has 0 bridgehead atoms. The number of halogens is 1. The number of carbonyl (C=O) groups is 1. The maximum absolute atomic E-state index is 13.6. The second-order valence-electron chi connectivity index (χ2n) is 8.11. The van der Waals surface area contributed by atoms with E-state index in [1.165, 1.54) is 17.7 Å². The van der Waals surface area contributed by atoms with E-state index in [0.717, 1.165) is 29.8 Å². The highest BCUT2D eigenvalue weighted by molar-refractivity contribution is 5.98. The number of carbonyl (C=O) groups excluding carboxylic acids is 1. The summed E-state index contributed by atoms with van der Waals surface area (Å²) in [4.78, 5) is 24.3. The molecule has 3 aromatic carbocycles. The van der Waals surface area contributed by atoms with Crippen molar-refractivity contribution in [3.8, 4) is 0 Å². The summed E-state index contributed by atoms with van der Waals surface area (Å²) in [6.45, 7) is 1.48. The largest absolute Gasteiger partial charge is 0.365 e. The van der Waals surface area contributed by atoms with Crippen LogP contribution in [0.15, 0.2) is 85.1 Å². The molecule has 7 heteroatoms. The summed E-state index contributed by atoms with van der Waals surface area (Å²) in [5.74, 6) is 0.339. The number of nitrogens with zero attached hydrogens (tertiary/aromatic N) is 3. The van der Waals surface area contributed by atoms with E-state index in [4.69, 9.17) is 4.98 Å². The number of benzene rings is 3. The lowest BCUT2D eigenvalue weighted by Gasteiger charge is -2.19. The summed E-state index contributed by atoms with van der Waals surface area (Å²) < 4.78 is 13.6. The zero-order valence-electron chi connectivity index (χ0n) is 18.5. The van der Waals surface area contributed by atoms with Crippen LogP contribution < -0.4 is 15.5 Å². The maximum Gasteiger partial charge on any atom is 0.256 e. The minimum atomic E-state index is -0.308. The molecule has 4 aromatic rings. The van der Waals surface area contributed by atoms with E-state index in [0.29, 0.717) is 30.4 Å². The van der Waals surface area contributed by atoms with Gasteiger partial charge in [-0.25, -0.2) is 9.37 Å². The minimum Gasteiger partial charge on any atom is -0.365 e. The summed E-state index contributed by atoms with van der Waals surface area (Å²) in [7, 11) is 0. The summed E-state index contributed by atoms with van der Waals surface area (Å²) in [6.07, 6.45) is 2.46. The summed E-state index contributed by atoms with van der Waals surface area (Å²) in [5, 5.41) is 6.15. The van der Waals surface area contributed by atoms with Crippen LogP contribution in [0.3, 0.4) is 0 Å². The minimum absolute atomic E-state index is 0.279. The van der Waals surface area contributed by atoms with E-state index in [2.05, 4.69) is 21.7 Å². The average molecular weight is 454 g/mol. The fourth-order valence-corrected chi connectivity index (χ4v) is 4.06. The number of fused-ring (bicyclic) bond motifs is 1. The average Bonchev–Trinajstić information content (AvgIpc) is 3.31. The van der Waals surface area contributed by atoms with Gasteiger partial charge in [0.1, 0.15) is 17.2 Å². The zero-order valence-corrected chi connectivity index (χ0v) is 18.5. The lowest BCUT2D eigenvalue weighted by atomic mass is 10.2. The molecule has 1 amide bonds. The van der Waals surface area contributed by atoms with Crippen molar-refractivity contribution in [1.82, 2.24) is 15.3 Å².